The van der Waals surface area contributed by atoms with Gasteiger partial charge in [0.1, 0.15) is 17.7 Å². The lowest BCUT2D eigenvalue weighted by Gasteiger charge is -2.07. The van der Waals surface area contributed by atoms with Crippen molar-refractivity contribution in [2.24, 2.45) is 0 Å². The molecule has 0 spiro atoms. The Hall–Kier alpha value is -1.93. The number of benzene rings is 1. The van der Waals surface area contributed by atoms with Crippen molar-refractivity contribution in [1.29, 1.82) is 5.26 Å². The molecule has 0 aliphatic heterocycles. The van der Waals surface area contributed by atoms with Gasteiger partial charge >= 0.3 is 0 Å². The molecule has 3 nitrogen and oxygen atoms in total. The SMILES string of the molecule is N#Cc1cc(F)ccc1Nc1ccc(Br)cn1. The van der Waals surface area contributed by atoms with Crippen LogP contribution in [0.2, 0.25) is 0 Å². The van der Waals surface area contributed by atoms with E-state index in [0.717, 1.165) is 4.47 Å². The second-order valence-electron chi connectivity index (χ2n) is 3.29. The van der Waals surface area contributed by atoms with Gasteiger partial charge in [-0.3, -0.25) is 0 Å². The Balaban J connectivity index is 2.30. The van der Waals surface area contributed by atoms with E-state index in [9.17, 15) is 4.39 Å². The van der Waals surface area contributed by atoms with Gasteiger partial charge in [0, 0.05) is 10.7 Å². The Labute approximate surface area is 106 Å². The van der Waals surface area contributed by atoms with Crippen LogP contribution >= 0.6 is 15.9 Å². The number of aromatic nitrogens is 1. The molecule has 0 unspecified atom stereocenters. The fourth-order valence-electron chi connectivity index (χ4n) is 1.31. The number of hydrogen-bond donors (Lipinski definition) is 1. The third-order valence-corrected chi connectivity index (χ3v) is 2.56. The molecular weight excluding hydrogens is 285 g/mol. The molecule has 0 radical (unpaired) electrons. The van der Waals surface area contributed by atoms with Crippen LogP contribution in [0.1, 0.15) is 5.56 Å². The van der Waals surface area contributed by atoms with Gasteiger partial charge in [-0.25, -0.2) is 9.37 Å². The molecule has 0 amide bonds. The van der Waals surface area contributed by atoms with Gasteiger partial charge in [-0.15, -0.1) is 0 Å². The van der Waals surface area contributed by atoms with Crippen molar-refractivity contribution in [3.8, 4) is 6.07 Å². The van der Waals surface area contributed by atoms with Crippen LogP contribution < -0.4 is 5.32 Å². The number of anilines is 2. The zero-order valence-corrected chi connectivity index (χ0v) is 10.2. The lowest BCUT2D eigenvalue weighted by atomic mass is 10.2. The molecule has 0 aliphatic rings. The van der Waals surface area contributed by atoms with Crippen molar-refractivity contribution in [1.82, 2.24) is 4.98 Å². The summed E-state index contributed by atoms with van der Waals surface area (Å²) in [5.74, 6) is 0.159. The highest BCUT2D eigenvalue weighted by atomic mass is 79.9. The van der Waals surface area contributed by atoms with Crippen LogP contribution in [0.15, 0.2) is 41.0 Å². The standard InChI is InChI=1S/C12H7BrFN3/c13-9-1-4-12(16-7-9)17-11-3-2-10(14)5-8(11)6-15/h1-5,7H,(H,16,17). The van der Waals surface area contributed by atoms with E-state index in [1.165, 1.54) is 18.2 Å². The van der Waals surface area contributed by atoms with E-state index in [-0.39, 0.29) is 5.56 Å². The molecule has 2 aromatic rings. The predicted octanol–water partition coefficient (Wildman–Crippen LogP) is 3.60. The highest BCUT2D eigenvalue weighted by molar-refractivity contribution is 9.10. The number of pyridine rings is 1. The Morgan fingerprint density at radius 2 is 2.12 bits per heavy atom. The first-order chi connectivity index (χ1) is 8.19. The molecule has 1 heterocycles. The van der Waals surface area contributed by atoms with E-state index in [0.29, 0.717) is 11.5 Å². The van der Waals surface area contributed by atoms with Crippen molar-refractivity contribution in [3.05, 3.63) is 52.4 Å². The van der Waals surface area contributed by atoms with Gasteiger partial charge < -0.3 is 5.32 Å². The van der Waals surface area contributed by atoms with Crippen molar-refractivity contribution < 1.29 is 4.39 Å². The van der Waals surface area contributed by atoms with Crippen molar-refractivity contribution in [2.45, 2.75) is 0 Å². The monoisotopic (exact) mass is 291 g/mol. The molecule has 0 saturated carbocycles. The Morgan fingerprint density at radius 1 is 1.29 bits per heavy atom. The summed E-state index contributed by atoms with van der Waals surface area (Å²) in [4.78, 5) is 4.11. The van der Waals surface area contributed by atoms with Gasteiger partial charge in [-0.2, -0.15) is 5.26 Å². The predicted molar refractivity (Wildman–Crippen MR) is 66.3 cm³/mol. The minimum atomic E-state index is -0.434. The van der Waals surface area contributed by atoms with Gasteiger partial charge in [-0.1, -0.05) is 0 Å². The molecule has 0 atom stereocenters. The topological polar surface area (TPSA) is 48.7 Å². The molecule has 0 saturated heterocycles. The van der Waals surface area contributed by atoms with Gasteiger partial charge in [-0.05, 0) is 46.3 Å². The second-order valence-corrected chi connectivity index (χ2v) is 4.20. The Morgan fingerprint density at radius 3 is 2.76 bits per heavy atom. The average Bonchev–Trinajstić information content (AvgIpc) is 2.34. The molecule has 1 aromatic carbocycles. The minimum absolute atomic E-state index is 0.245. The largest absolute Gasteiger partial charge is 0.339 e. The van der Waals surface area contributed by atoms with Crippen LogP contribution in [0, 0.1) is 17.1 Å². The normalized spacial score (nSPS) is 9.71. The van der Waals surface area contributed by atoms with Crippen LogP contribution in [0.4, 0.5) is 15.9 Å². The minimum Gasteiger partial charge on any atom is -0.339 e. The first-order valence-electron chi connectivity index (χ1n) is 4.77. The van der Waals surface area contributed by atoms with E-state index in [2.05, 4.69) is 26.2 Å². The smallest absolute Gasteiger partial charge is 0.130 e. The van der Waals surface area contributed by atoms with Gasteiger partial charge in [0.05, 0.1) is 11.3 Å². The summed E-state index contributed by atoms with van der Waals surface area (Å²) in [7, 11) is 0. The van der Waals surface area contributed by atoms with E-state index < -0.39 is 5.82 Å². The fourth-order valence-corrected chi connectivity index (χ4v) is 1.54. The number of nitrogens with one attached hydrogen (secondary N) is 1. The highest BCUT2D eigenvalue weighted by Gasteiger charge is 2.04. The zero-order chi connectivity index (χ0) is 12.3. The van der Waals surface area contributed by atoms with E-state index >= 15 is 0 Å². The van der Waals surface area contributed by atoms with Crippen LogP contribution in [0.25, 0.3) is 0 Å². The zero-order valence-electron chi connectivity index (χ0n) is 8.61. The van der Waals surface area contributed by atoms with Crippen LogP contribution in [-0.2, 0) is 0 Å². The molecule has 0 bridgehead atoms. The summed E-state index contributed by atoms with van der Waals surface area (Å²) in [5.41, 5.74) is 0.776. The second kappa shape index (κ2) is 4.93. The summed E-state index contributed by atoms with van der Waals surface area (Å²) < 4.78 is 13.8. The summed E-state index contributed by atoms with van der Waals surface area (Å²) in [6.07, 6.45) is 1.64. The molecule has 2 rings (SSSR count). The lowest BCUT2D eigenvalue weighted by Crippen LogP contribution is -1.96. The average molecular weight is 292 g/mol. The van der Waals surface area contributed by atoms with Crippen molar-refractivity contribution in [2.75, 3.05) is 5.32 Å². The molecule has 17 heavy (non-hydrogen) atoms. The van der Waals surface area contributed by atoms with Crippen LogP contribution in [0.3, 0.4) is 0 Å². The Kier molecular flexibility index (Phi) is 3.35. The van der Waals surface area contributed by atoms with Gasteiger partial charge in [0.15, 0.2) is 0 Å². The number of rotatable bonds is 2. The van der Waals surface area contributed by atoms with Crippen LogP contribution in [0.5, 0.6) is 0 Å². The number of nitrogens with zero attached hydrogens (tertiary/aromatic N) is 2. The lowest BCUT2D eigenvalue weighted by molar-refractivity contribution is 0.627. The molecule has 1 aromatic heterocycles. The first-order valence-corrected chi connectivity index (χ1v) is 5.56. The van der Waals surface area contributed by atoms with Crippen molar-refractivity contribution in [3.63, 3.8) is 0 Å². The molecule has 0 aliphatic carbocycles. The highest BCUT2D eigenvalue weighted by Crippen LogP contribution is 2.20. The summed E-state index contributed by atoms with van der Waals surface area (Å²) >= 11 is 3.28. The summed E-state index contributed by atoms with van der Waals surface area (Å²) in [5, 5.41) is 11.8. The molecular formula is C12H7BrFN3. The summed E-state index contributed by atoms with van der Waals surface area (Å²) in [6, 6.07) is 9.50. The maximum absolute atomic E-state index is 12.9. The molecule has 84 valence electrons. The first kappa shape index (κ1) is 11.6. The quantitative estimate of drug-likeness (QED) is 0.920. The number of nitriles is 1. The molecule has 1 N–H and O–H groups in total. The van der Waals surface area contributed by atoms with E-state index in [1.807, 2.05) is 12.1 Å². The van der Waals surface area contributed by atoms with Gasteiger partial charge in [0.25, 0.3) is 0 Å². The fraction of sp³-hybridized carbons (Fsp3) is 0. The maximum atomic E-state index is 12.9. The molecule has 5 heteroatoms. The third-order valence-electron chi connectivity index (χ3n) is 2.09. The molecule has 0 fully saturated rings. The van der Waals surface area contributed by atoms with Crippen LogP contribution in [-0.4, -0.2) is 4.98 Å². The Bertz CT molecular complexity index is 575. The van der Waals surface area contributed by atoms with Crippen molar-refractivity contribution >= 4 is 27.4 Å². The van der Waals surface area contributed by atoms with E-state index in [4.69, 9.17) is 5.26 Å². The third kappa shape index (κ3) is 2.80. The maximum Gasteiger partial charge on any atom is 0.130 e. The van der Waals surface area contributed by atoms with E-state index in [1.54, 1.807) is 12.3 Å². The summed E-state index contributed by atoms with van der Waals surface area (Å²) in [6.45, 7) is 0. The number of halogens is 2. The number of hydrogen-bond acceptors (Lipinski definition) is 3. The van der Waals surface area contributed by atoms with Gasteiger partial charge in [0.2, 0.25) is 0 Å².